The van der Waals surface area contributed by atoms with Gasteiger partial charge in [0.1, 0.15) is 11.3 Å². The van der Waals surface area contributed by atoms with Gasteiger partial charge in [0, 0.05) is 31.2 Å². The standard InChI is InChI=1S/C23H21ClN2O6S/c24-18-6-8-21(27)20(14-18)23(29)32-15-22(28)25-9-11-26(12-10-25)33(30,31)19-7-5-16-3-1-2-4-17(16)13-19/h1-8,13-14,27H,9-12,15H2. The van der Waals surface area contributed by atoms with E-state index in [1.807, 2.05) is 24.3 Å². The summed E-state index contributed by atoms with van der Waals surface area (Å²) in [5.41, 5.74) is -0.137. The van der Waals surface area contributed by atoms with Crippen molar-refractivity contribution < 1.29 is 27.9 Å². The zero-order valence-corrected chi connectivity index (χ0v) is 19.1. The summed E-state index contributed by atoms with van der Waals surface area (Å²) < 4.78 is 32.5. The molecule has 1 heterocycles. The molecular formula is C23H21ClN2O6S. The molecule has 1 amide bonds. The quantitative estimate of drug-likeness (QED) is 0.554. The molecule has 0 atom stereocenters. The van der Waals surface area contributed by atoms with Gasteiger partial charge in [0.2, 0.25) is 10.0 Å². The Morgan fingerprint density at radius 3 is 2.36 bits per heavy atom. The molecule has 1 aliphatic rings. The molecule has 0 unspecified atom stereocenters. The number of rotatable bonds is 5. The van der Waals surface area contributed by atoms with Crippen LogP contribution >= 0.6 is 11.6 Å². The van der Waals surface area contributed by atoms with Crippen LogP contribution in [0.25, 0.3) is 10.8 Å². The van der Waals surface area contributed by atoms with Crippen LogP contribution in [0.3, 0.4) is 0 Å². The lowest BCUT2D eigenvalue weighted by molar-refractivity contribution is -0.135. The first-order valence-electron chi connectivity index (χ1n) is 10.2. The van der Waals surface area contributed by atoms with E-state index in [0.717, 1.165) is 10.8 Å². The predicted molar refractivity (Wildman–Crippen MR) is 123 cm³/mol. The number of phenolic OH excluding ortho intramolecular Hbond substituents is 1. The molecule has 1 saturated heterocycles. The molecule has 1 N–H and O–H groups in total. The molecule has 4 rings (SSSR count). The third kappa shape index (κ3) is 4.95. The average Bonchev–Trinajstić information content (AvgIpc) is 2.83. The molecule has 10 heteroatoms. The van der Waals surface area contributed by atoms with Gasteiger partial charge in [-0.2, -0.15) is 4.31 Å². The van der Waals surface area contributed by atoms with Crippen molar-refractivity contribution in [1.82, 2.24) is 9.21 Å². The number of carbonyl (C=O) groups is 2. The molecule has 0 aromatic heterocycles. The molecule has 0 saturated carbocycles. The molecule has 0 spiro atoms. The second kappa shape index (κ2) is 9.38. The van der Waals surface area contributed by atoms with Crippen molar-refractivity contribution in [3.63, 3.8) is 0 Å². The lowest BCUT2D eigenvalue weighted by Gasteiger charge is -2.33. The van der Waals surface area contributed by atoms with E-state index in [-0.39, 0.29) is 47.4 Å². The zero-order chi connectivity index (χ0) is 23.6. The van der Waals surface area contributed by atoms with Gasteiger partial charge < -0.3 is 14.7 Å². The number of sulfonamides is 1. The minimum absolute atomic E-state index is 0.129. The SMILES string of the molecule is O=C(OCC(=O)N1CCN(S(=O)(=O)c2ccc3ccccc3c2)CC1)c1cc(Cl)ccc1O. The Kier molecular flexibility index (Phi) is 6.55. The van der Waals surface area contributed by atoms with Crippen LogP contribution in [0, 0.1) is 0 Å². The number of phenols is 1. The maximum absolute atomic E-state index is 13.1. The second-order valence-electron chi connectivity index (χ2n) is 7.53. The normalized spacial score (nSPS) is 14.9. The van der Waals surface area contributed by atoms with Crippen molar-refractivity contribution in [1.29, 1.82) is 0 Å². The highest BCUT2D eigenvalue weighted by molar-refractivity contribution is 7.89. The molecule has 8 nitrogen and oxygen atoms in total. The molecule has 0 radical (unpaired) electrons. The summed E-state index contributed by atoms with van der Waals surface area (Å²) in [7, 11) is -3.70. The Morgan fingerprint density at radius 2 is 1.64 bits per heavy atom. The van der Waals surface area contributed by atoms with Gasteiger partial charge in [-0.15, -0.1) is 0 Å². The van der Waals surface area contributed by atoms with Crippen LogP contribution in [-0.4, -0.2) is 67.4 Å². The van der Waals surface area contributed by atoms with E-state index in [0.29, 0.717) is 0 Å². The Hall–Kier alpha value is -3.14. The summed E-state index contributed by atoms with van der Waals surface area (Å²) in [6.45, 7) is 0.0767. The van der Waals surface area contributed by atoms with Crippen LogP contribution in [0.2, 0.25) is 5.02 Å². The van der Waals surface area contributed by atoms with E-state index in [2.05, 4.69) is 0 Å². The second-order valence-corrected chi connectivity index (χ2v) is 9.91. The average molecular weight is 489 g/mol. The van der Waals surface area contributed by atoms with Crippen LogP contribution in [-0.2, 0) is 19.6 Å². The van der Waals surface area contributed by atoms with Crippen molar-refractivity contribution in [2.45, 2.75) is 4.90 Å². The van der Waals surface area contributed by atoms with Crippen molar-refractivity contribution in [2.24, 2.45) is 0 Å². The topological polar surface area (TPSA) is 104 Å². The molecule has 1 aliphatic heterocycles. The molecular weight excluding hydrogens is 468 g/mol. The van der Waals surface area contributed by atoms with Gasteiger partial charge in [0.05, 0.1) is 4.90 Å². The van der Waals surface area contributed by atoms with Crippen molar-refractivity contribution in [2.75, 3.05) is 32.8 Å². The zero-order valence-electron chi connectivity index (χ0n) is 17.5. The minimum atomic E-state index is -3.70. The molecule has 172 valence electrons. The van der Waals surface area contributed by atoms with E-state index in [1.165, 1.54) is 27.4 Å². The highest BCUT2D eigenvalue weighted by atomic mass is 35.5. The van der Waals surface area contributed by atoms with Crippen molar-refractivity contribution >= 4 is 44.3 Å². The number of carbonyl (C=O) groups excluding carboxylic acids is 2. The monoisotopic (exact) mass is 488 g/mol. The lowest BCUT2D eigenvalue weighted by Crippen LogP contribution is -2.51. The van der Waals surface area contributed by atoms with E-state index in [1.54, 1.807) is 18.2 Å². The highest BCUT2D eigenvalue weighted by Crippen LogP contribution is 2.24. The Bertz CT molecular complexity index is 1320. The number of piperazine rings is 1. The van der Waals surface area contributed by atoms with Crippen LogP contribution in [0.4, 0.5) is 0 Å². The molecule has 0 aliphatic carbocycles. The fourth-order valence-electron chi connectivity index (χ4n) is 3.62. The fourth-order valence-corrected chi connectivity index (χ4v) is 5.25. The smallest absolute Gasteiger partial charge is 0.342 e. The molecule has 3 aromatic rings. The largest absolute Gasteiger partial charge is 0.507 e. The Labute approximate surface area is 196 Å². The summed E-state index contributed by atoms with van der Waals surface area (Å²) in [5, 5.41) is 11.8. The maximum Gasteiger partial charge on any atom is 0.342 e. The van der Waals surface area contributed by atoms with Gasteiger partial charge in [0.15, 0.2) is 6.61 Å². The van der Waals surface area contributed by atoms with Crippen LogP contribution < -0.4 is 0 Å². The van der Waals surface area contributed by atoms with E-state index >= 15 is 0 Å². The van der Waals surface area contributed by atoms with Gasteiger partial charge in [-0.3, -0.25) is 4.79 Å². The maximum atomic E-state index is 13.1. The van der Waals surface area contributed by atoms with E-state index in [9.17, 15) is 23.1 Å². The number of fused-ring (bicyclic) bond motifs is 1. The van der Waals surface area contributed by atoms with Crippen molar-refractivity contribution in [3.8, 4) is 5.75 Å². The number of amides is 1. The number of aromatic hydroxyl groups is 1. The number of esters is 1. The van der Waals surface area contributed by atoms with Gasteiger partial charge in [-0.25, -0.2) is 13.2 Å². The van der Waals surface area contributed by atoms with Crippen LogP contribution in [0.1, 0.15) is 10.4 Å². The molecule has 33 heavy (non-hydrogen) atoms. The molecule has 1 fully saturated rings. The highest BCUT2D eigenvalue weighted by Gasteiger charge is 2.30. The van der Waals surface area contributed by atoms with E-state index in [4.69, 9.17) is 16.3 Å². The summed E-state index contributed by atoms with van der Waals surface area (Å²) in [5.74, 6) is -1.63. The summed E-state index contributed by atoms with van der Waals surface area (Å²) in [6.07, 6.45) is 0. The predicted octanol–water partition coefficient (Wildman–Crippen LogP) is 2.89. The van der Waals surface area contributed by atoms with Crippen molar-refractivity contribution in [3.05, 3.63) is 71.2 Å². The third-order valence-corrected chi connectivity index (χ3v) is 7.59. The number of ether oxygens (including phenoxy) is 1. The first-order valence-corrected chi connectivity index (χ1v) is 12.0. The molecule has 3 aromatic carbocycles. The lowest BCUT2D eigenvalue weighted by atomic mass is 10.1. The van der Waals surface area contributed by atoms with Gasteiger partial charge >= 0.3 is 5.97 Å². The molecule has 0 bridgehead atoms. The number of benzene rings is 3. The number of halogens is 1. The van der Waals surface area contributed by atoms with Gasteiger partial charge in [-0.1, -0.05) is 41.9 Å². The summed E-state index contributed by atoms with van der Waals surface area (Å²) in [6, 6.07) is 16.4. The first kappa shape index (κ1) is 23.0. The fraction of sp³-hybridized carbons (Fsp3) is 0.217. The van der Waals surface area contributed by atoms with Gasteiger partial charge in [-0.05, 0) is 41.1 Å². The summed E-state index contributed by atoms with van der Waals surface area (Å²) >= 11 is 5.82. The number of hydrogen-bond acceptors (Lipinski definition) is 6. The van der Waals surface area contributed by atoms with Crippen LogP contribution in [0.5, 0.6) is 5.75 Å². The third-order valence-electron chi connectivity index (χ3n) is 5.46. The first-order chi connectivity index (χ1) is 15.8. The number of hydrogen-bond donors (Lipinski definition) is 1. The van der Waals surface area contributed by atoms with Gasteiger partial charge in [0.25, 0.3) is 5.91 Å². The number of nitrogens with zero attached hydrogens (tertiary/aromatic N) is 2. The Morgan fingerprint density at radius 1 is 0.939 bits per heavy atom. The van der Waals surface area contributed by atoms with E-state index < -0.39 is 28.5 Å². The summed E-state index contributed by atoms with van der Waals surface area (Å²) in [4.78, 5) is 26.2. The Balaban J connectivity index is 1.35. The van der Waals surface area contributed by atoms with Crippen LogP contribution in [0.15, 0.2) is 65.6 Å². The minimum Gasteiger partial charge on any atom is -0.507 e.